The topological polar surface area (TPSA) is 66.5 Å². The maximum Gasteiger partial charge on any atom is 0.264 e. The van der Waals surface area contributed by atoms with E-state index in [-0.39, 0.29) is 16.4 Å². The SMILES string of the molecule is Cc1ccc(S(=O)(=O)N2CCCc3cc(NC(=O)c4cc(Cl)ccc4Cl)ccc32)cc1. The van der Waals surface area contributed by atoms with Gasteiger partial charge >= 0.3 is 0 Å². The number of anilines is 2. The van der Waals surface area contributed by atoms with Crippen molar-refractivity contribution in [3.05, 3.63) is 87.4 Å². The second-order valence-corrected chi connectivity index (χ2v) is 10.1. The van der Waals surface area contributed by atoms with E-state index in [1.54, 1.807) is 48.5 Å². The van der Waals surface area contributed by atoms with Crippen LogP contribution in [0.5, 0.6) is 0 Å². The Hall–Kier alpha value is -2.54. The zero-order chi connectivity index (χ0) is 22.2. The van der Waals surface area contributed by atoms with E-state index in [1.165, 1.54) is 10.4 Å². The van der Waals surface area contributed by atoms with E-state index in [1.807, 2.05) is 13.0 Å². The lowest BCUT2D eigenvalue weighted by atomic mass is 10.0. The lowest BCUT2D eigenvalue weighted by molar-refractivity contribution is 0.102. The van der Waals surface area contributed by atoms with Gasteiger partial charge in [0.25, 0.3) is 15.9 Å². The van der Waals surface area contributed by atoms with Crippen molar-refractivity contribution in [2.45, 2.75) is 24.7 Å². The first-order chi connectivity index (χ1) is 14.8. The molecule has 8 heteroatoms. The summed E-state index contributed by atoms with van der Waals surface area (Å²) in [6, 6.07) is 16.8. The van der Waals surface area contributed by atoms with E-state index in [2.05, 4.69) is 5.32 Å². The molecule has 0 spiro atoms. The van der Waals surface area contributed by atoms with Crippen LogP contribution in [0.2, 0.25) is 10.0 Å². The fourth-order valence-electron chi connectivity index (χ4n) is 3.60. The first-order valence-electron chi connectivity index (χ1n) is 9.74. The Bertz CT molecular complexity index is 1260. The van der Waals surface area contributed by atoms with E-state index in [0.29, 0.717) is 34.4 Å². The minimum absolute atomic E-state index is 0.263. The zero-order valence-corrected chi connectivity index (χ0v) is 19.1. The van der Waals surface area contributed by atoms with E-state index in [9.17, 15) is 13.2 Å². The van der Waals surface area contributed by atoms with Crippen molar-refractivity contribution in [1.29, 1.82) is 0 Å². The molecule has 31 heavy (non-hydrogen) atoms. The van der Waals surface area contributed by atoms with Gasteiger partial charge in [-0.15, -0.1) is 0 Å². The minimum atomic E-state index is -3.67. The van der Waals surface area contributed by atoms with E-state index in [0.717, 1.165) is 17.5 Å². The highest BCUT2D eigenvalue weighted by molar-refractivity contribution is 7.92. The number of sulfonamides is 1. The molecule has 3 aromatic carbocycles. The molecule has 0 unspecified atom stereocenters. The molecule has 1 heterocycles. The molecule has 0 bridgehead atoms. The van der Waals surface area contributed by atoms with Crippen molar-refractivity contribution in [3.63, 3.8) is 0 Å². The number of aryl methyl sites for hydroxylation is 2. The Morgan fingerprint density at radius 1 is 1.00 bits per heavy atom. The molecule has 4 rings (SSSR count). The molecule has 0 aromatic heterocycles. The second-order valence-electron chi connectivity index (χ2n) is 7.42. The lowest BCUT2D eigenvalue weighted by Crippen LogP contribution is -2.35. The summed E-state index contributed by atoms with van der Waals surface area (Å²) >= 11 is 12.1. The smallest absolute Gasteiger partial charge is 0.264 e. The van der Waals surface area contributed by atoms with Crippen LogP contribution >= 0.6 is 23.2 Å². The molecular weight excluding hydrogens is 455 g/mol. The fraction of sp³-hybridized carbons (Fsp3) is 0.174. The predicted octanol–water partition coefficient (Wildman–Crippen LogP) is 5.70. The van der Waals surface area contributed by atoms with E-state index < -0.39 is 10.0 Å². The van der Waals surface area contributed by atoms with Crippen molar-refractivity contribution in [3.8, 4) is 0 Å². The number of fused-ring (bicyclic) bond motifs is 1. The average Bonchev–Trinajstić information content (AvgIpc) is 2.75. The lowest BCUT2D eigenvalue weighted by Gasteiger charge is -2.31. The van der Waals surface area contributed by atoms with Gasteiger partial charge in [-0.1, -0.05) is 40.9 Å². The van der Waals surface area contributed by atoms with Crippen molar-refractivity contribution in [2.24, 2.45) is 0 Å². The molecular formula is C23H20Cl2N2O3S. The summed E-state index contributed by atoms with van der Waals surface area (Å²) in [7, 11) is -3.67. The molecule has 1 aliphatic heterocycles. The van der Waals surface area contributed by atoms with Crippen LogP contribution in [-0.4, -0.2) is 20.9 Å². The minimum Gasteiger partial charge on any atom is -0.322 e. The molecule has 1 aliphatic rings. The van der Waals surface area contributed by atoms with Crippen LogP contribution in [0.1, 0.15) is 27.9 Å². The average molecular weight is 475 g/mol. The number of halogens is 2. The standard InChI is InChI=1S/C23H20Cl2N2O3S/c1-15-4-8-19(9-5-15)31(29,30)27-12-2-3-16-13-18(7-11-22(16)27)26-23(28)20-14-17(24)6-10-21(20)25/h4-11,13-14H,2-3,12H2,1H3,(H,26,28). The van der Waals surface area contributed by atoms with Gasteiger partial charge in [0.2, 0.25) is 0 Å². The summed E-state index contributed by atoms with van der Waals surface area (Å²) in [5, 5.41) is 3.53. The van der Waals surface area contributed by atoms with Crippen LogP contribution in [0.4, 0.5) is 11.4 Å². The van der Waals surface area contributed by atoms with Gasteiger partial charge in [0.15, 0.2) is 0 Å². The first kappa shape index (κ1) is 21.7. The highest BCUT2D eigenvalue weighted by Crippen LogP contribution is 2.34. The molecule has 160 valence electrons. The second kappa shape index (κ2) is 8.54. The van der Waals surface area contributed by atoms with Gasteiger partial charge in [-0.05, 0) is 73.9 Å². The fourth-order valence-corrected chi connectivity index (χ4v) is 5.51. The van der Waals surface area contributed by atoms with Crippen molar-refractivity contribution in [1.82, 2.24) is 0 Å². The molecule has 3 aromatic rings. The number of carbonyl (C=O) groups is 1. The molecule has 0 saturated heterocycles. The molecule has 0 atom stereocenters. The van der Waals surface area contributed by atoms with Crippen LogP contribution in [0, 0.1) is 6.92 Å². The number of benzene rings is 3. The van der Waals surface area contributed by atoms with Gasteiger partial charge in [-0.2, -0.15) is 0 Å². The van der Waals surface area contributed by atoms with Crippen LogP contribution in [0.3, 0.4) is 0 Å². The predicted molar refractivity (Wildman–Crippen MR) is 125 cm³/mol. The van der Waals surface area contributed by atoms with E-state index >= 15 is 0 Å². The number of amides is 1. The van der Waals surface area contributed by atoms with Gasteiger partial charge in [0.05, 0.1) is 21.2 Å². The molecule has 0 fully saturated rings. The highest BCUT2D eigenvalue weighted by Gasteiger charge is 2.29. The maximum absolute atomic E-state index is 13.2. The molecule has 0 saturated carbocycles. The summed E-state index contributed by atoms with van der Waals surface area (Å²) in [5.41, 5.74) is 3.32. The van der Waals surface area contributed by atoms with Crippen LogP contribution in [0.25, 0.3) is 0 Å². The summed E-state index contributed by atoms with van der Waals surface area (Å²) in [5.74, 6) is -0.382. The molecule has 0 radical (unpaired) electrons. The summed E-state index contributed by atoms with van der Waals surface area (Å²) in [6.45, 7) is 2.33. The van der Waals surface area contributed by atoms with Gasteiger partial charge < -0.3 is 5.32 Å². The Morgan fingerprint density at radius 2 is 1.74 bits per heavy atom. The monoisotopic (exact) mass is 474 g/mol. The first-order valence-corrected chi connectivity index (χ1v) is 11.9. The number of hydrogen-bond donors (Lipinski definition) is 1. The maximum atomic E-state index is 13.2. The van der Waals surface area contributed by atoms with Gasteiger partial charge in [-0.25, -0.2) is 8.42 Å². The summed E-state index contributed by atoms with van der Waals surface area (Å²) in [4.78, 5) is 12.9. The quantitative estimate of drug-likeness (QED) is 0.527. The Kier molecular flexibility index (Phi) is 5.97. The third-order valence-corrected chi connectivity index (χ3v) is 7.59. The highest BCUT2D eigenvalue weighted by atomic mass is 35.5. The molecule has 0 aliphatic carbocycles. The van der Waals surface area contributed by atoms with Crippen molar-refractivity contribution in [2.75, 3.05) is 16.2 Å². The Morgan fingerprint density at radius 3 is 2.48 bits per heavy atom. The summed E-state index contributed by atoms with van der Waals surface area (Å²) < 4.78 is 27.9. The molecule has 5 nitrogen and oxygen atoms in total. The van der Waals surface area contributed by atoms with Crippen LogP contribution in [-0.2, 0) is 16.4 Å². The number of nitrogens with zero attached hydrogens (tertiary/aromatic N) is 1. The third kappa shape index (κ3) is 4.42. The zero-order valence-electron chi connectivity index (χ0n) is 16.7. The molecule has 1 amide bonds. The third-order valence-electron chi connectivity index (χ3n) is 5.20. The van der Waals surface area contributed by atoms with Crippen LogP contribution in [0.15, 0.2) is 65.6 Å². The Balaban J connectivity index is 1.62. The van der Waals surface area contributed by atoms with Crippen LogP contribution < -0.4 is 9.62 Å². The number of nitrogens with one attached hydrogen (secondary N) is 1. The van der Waals surface area contributed by atoms with E-state index in [4.69, 9.17) is 23.2 Å². The van der Waals surface area contributed by atoms with Crippen molar-refractivity contribution >= 4 is 50.5 Å². The number of carbonyl (C=O) groups excluding carboxylic acids is 1. The normalized spacial score (nSPS) is 13.6. The van der Waals surface area contributed by atoms with Crippen molar-refractivity contribution < 1.29 is 13.2 Å². The number of hydrogen-bond acceptors (Lipinski definition) is 3. The van der Waals surface area contributed by atoms with Gasteiger partial charge in [0.1, 0.15) is 0 Å². The van der Waals surface area contributed by atoms with Gasteiger partial charge in [0, 0.05) is 17.3 Å². The molecule has 1 N–H and O–H groups in total. The van der Waals surface area contributed by atoms with Gasteiger partial charge in [-0.3, -0.25) is 9.10 Å². The summed E-state index contributed by atoms with van der Waals surface area (Å²) in [6.07, 6.45) is 1.41. The Labute approximate surface area is 191 Å². The number of rotatable bonds is 4. The largest absolute Gasteiger partial charge is 0.322 e.